The van der Waals surface area contributed by atoms with Gasteiger partial charge in [0.05, 0.1) is 11.5 Å². The first-order chi connectivity index (χ1) is 7.05. The minimum atomic E-state index is -3.13. The summed E-state index contributed by atoms with van der Waals surface area (Å²) in [6.07, 6.45) is 0. The van der Waals surface area contributed by atoms with E-state index in [9.17, 15) is 13.2 Å². The zero-order chi connectivity index (χ0) is 11.3. The van der Waals surface area contributed by atoms with Crippen LogP contribution in [-0.4, -0.2) is 25.7 Å². The van der Waals surface area contributed by atoms with E-state index in [4.69, 9.17) is 0 Å². The molecule has 0 aliphatic rings. The van der Waals surface area contributed by atoms with Crippen LogP contribution in [0.1, 0.15) is 17.3 Å². The summed E-state index contributed by atoms with van der Waals surface area (Å²) in [5, 5.41) is 0. The molecule has 0 radical (unpaired) electrons. The van der Waals surface area contributed by atoms with Crippen LogP contribution < -0.4 is 0 Å². The van der Waals surface area contributed by atoms with Crippen LogP contribution in [-0.2, 0) is 8.87 Å². The normalized spacial score (nSPS) is 11.3. The van der Waals surface area contributed by atoms with Gasteiger partial charge in [-0.3, -0.25) is 4.79 Å². The van der Waals surface area contributed by atoms with Gasteiger partial charge in [0.1, 0.15) is 0 Å². The smallest absolute Gasteiger partial charge is 0.201 e. The molecule has 0 fully saturated rings. The van der Waals surface area contributed by atoms with E-state index in [1.54, 1.807) is 31.2 Å². The highest BCUT2D eigenvalue weighted by Crippen LogP contribution is 2.14. The summed E-state index contributed by atoms with van der Waals surface area (Å²) >= 11 is 0. The molecule has 0 atom stereocenters. The van der Waals surface area contributed by atoms with E-state index in [1.807, 2.05) is 6.07 Å². The fraction of sp³-hybridized carbons (Fsp3) is 0.300. The summed E-state index contributed by atoms with van der Waals surface area (Å²) in [7, 11) is -2.42. The van der Waals surface area contributed by atoms with Crippen LogP contribution >= 0.6 is 10.8 Å². The van der Waals surface area contributed by atoms with Crippen molar-refractivity contribution in [1.82, 2.24) is 0 Å². The lowest BCUT2D eigenvalue weighted by Crippen LogP contribution is -2.06. The van der Waals surface area contributed by atoms with E-state index < -0.39 is 8.87 Å². The second-order valence-electron chi connectivity index (χ2n) is 2.90. The number of hydrogen-bond donors (Lipinski definition) is 0. The van der Waals surface area contributed by atoms with Gasteiger partial charge in [0.25, 0.3) is 0 Å². The Morgan fingerprint density at radius 1 is 1.27 bits per heavy atom. The lowest BCUT2D eigenvalue weighted by atomic mass is 10.2. The maximum absolute atomic E-state index is 11.5. The molecule has 3 nitrogen and oxygen atoms in total. The summed E-state index contributed by atoms with van der Waals surface area (Å²) in [4.78, 5) is 11.5. The van der Waals surface area contributed by atoms with Crippen molar-refractivity contribution >= 4 is 25.4 Å². The first-order valence-corrected chi connectivity index (χ1v) is 7.66. The van der Waals surface area contributed by atoms with Crippen molar-refractivity contribution in [1.29, 1.82) is 0 Å². The minimum absolute atomic E-state index is 0.0137. The van der Waals surface area contributed by atoms with Gasteiger partial charge in [-0.2, -0.15) is 0 Å². The molecule has 0 N–H and O–H groups in total. The quantitative estimate of drug-likeness (QED) is 0.587. The van der Waals surface area contributed by atoms with E-state index in [0.717, 1.165) is 0 Å². The van der Waals surface area contributed by atoms with Crippen LogP contribution in [0.5, 0.6) is 0 Å². The van der Waals surface area contributed by atoms with Gasteiger partial charge in [-0.25, -0.2) is 8.42 Å². The summed E-state index contributed by atoms with van der Waals surface area (Å²) in [6.45, 7) is 1.56. The van der Waals surface area contributed by atoms with Crippen LogP contribution in [0, 0.1) is 0 Å². The molecule has 0 saturated carbocycles. The number of hydrogen-bond acceptors (Lipinski definition) is 4. The fourth-order valence-corrected chi connectivity index (χ4v) is 2.91. The molecule has 0 bridgehead atoms. The average molecular weight is 244 g/mol. The third-order valence-corrected chi connectivity index (χ3v) is 5.40. The molecule has 0 unspecified atom stereocenters. The van der Waals surface area contributed by atoms with Crippen molar-refractivity contribution in [2.75, 3.05) is 11.5 Å². The third kappa shape index (κ3) is 4.05. The van der Waals surface area contributed by atoms with Crippen molar-refractivity contribution in [2.45, 2.75) is 6.92 Å². The van der Waals surface area contributed by atoms with Crippen molar-refractivity contribution in [2.24, 2.45) is 0 Å². The van der Waals surface area contributed by atoms with E-state index in [2.05, 4.69) is 0 Å². The summed E-state index contributed by atoms with van der Waals surface area (Å²) in [6, 6.07) is 8.69. The van der Waals surface area contributed by atoms with Gasteiger partial charge in [-0.15, -0.1) is 0 Å². The zero-order valence-corrected chi connectivity index (χ0v) is 9.98. The average Bonchev–Trinajstić information content (AvgIpc) is 2.27. The molecule has 0 amide bonds. The van der Waals surface area contributed by atoms with Crippen molar-refractivity contribution in [3.63, 3.8) is 0 Å². The molecule has 0 aromatic heterocycles. The molecular weight excluding hydrogens is 232 g/mol. The van der Waals surface area contributed by atoms with Crippen LogP contribution in [0.15, 0.2) is 30.3 Å². The SMILES string of the molecule is CCS(=O)(=O)SCC(=O)c1ccccc1. The first-order valence-electron chi connectivity index (χ1n) is 4.50. The Kier molecular flexibility index (Phi) is 4.35. The van der Waals surface area contributed by atoms with Gasteiger partial charge in [-0.05, 0) is 10.8 Å². The summed E-state index contributed by atoms with van der Waals surface area (Å²) in [5.41, 5.74) is 0.552. The number of ketones is 1. The Morgan fingerprint density at radius 3 is 2.40 bits per heavy atom. The first kappa shape index (κ1) is 12.3. The van der Waals surface area contributed by atoms with Crippen LogP contribution in [0.2, 0.25) is 0 Å². The highest BCUT2D eigenvalue weighted by atomic mass is 33.1. The zero-order valence-electron chi connectivity index (χ0n) is 8.34. The van der Waals surface area contributed by atoms with Gasteiger partial charge < -0.3 is 0 Å². The monoisotopic (exact) mass is 244 g/mol. The molecule has 82 valence electrons. The Bertz CT molecular complexity index is 423. The van der Waals surface area contributed by atoms with Crippen molar-refractivity contribution < 1.29 is 13.2 Å². The molecule has 0 heterocycles. The lowest BCUT2D eigenvalue weighted by molar-refractivity contribution is 0.102. The fourth-order valence-electron chi connectivity index (χ4n) is 0.934. The predicted octanol–water partition coefficient (Wildman–Crippen LogP) is 1.95. The van der Waals surface area contributed by atoms with E-state index in [0.29, 0.717) is 16.4 Å². The Morgan fingerprint density at radius 2 is 1.87 bits per heavy atom. The standard InChI is InChI=1S/C10H12O3S2/c1-2-15(12,13)14-8-10(11)9-6-4-3-5-7-9/h3-7H,2,8H2,1H3. The molecule has 1 aromatic carbocycles. The van der Waals surface area contributed by atoms with Crippen LogP contribution in [0.25, 0.3) is 0 Å². The highest BCUT2D eigenvalue weighted by Gasteiger charge is 2.12. The molecule has 1 rings (SSSR count). The van der Waals surface area contributed by atoms with Gasteiger partial charge >= 0.3 is 0 Å². The molecule has 0 aliphatic heterocycles. The van der Waals surface area contributed by atoms with Gasteiger partial charge in [0.2, 0.25) is 8.87 Å². The van der Waals surface area contributed by atoms with Crippen molar-refractivity contribution in [3.05, 3.63) is 35.9 Å². The highest BCUT2D eigenvalue weighted by molar-refractivity contribution is 8.72. The Labute approximate surface area is 93.2 Å². The maximum Gasteiger partial charge on any atom is 0.201 e. The molecule has 15 heavy (non-hydrogen) atoms. The lowest BCUT2D eigenvalue weighted by Gasteiger charge is -2.00. The summed E-state index contributed by atoms with van der Waals surface area (Å²) in [5.74, 6) is -0.113. The van der Waals surface area contributed by atoms with E-state index in [-0.39, 0.29) is 17.3 Å². The number of rotatable bonds is 5. The van der Waals surface area contributed by atoms with Gasteiger partial charge in [-0.1, -0.05) is 37.3 Å². The summed E-state index contributed by atoms with van der Waals surface area (Å²) < 4.78 is 22.3. The predicted molar refractivity (Wildman–Crippen MR) is 62.7 cm³/mol. The second kappa shape index (κ2) is 5.32. The molecular formula is C10H12O3S2. The van der Waals surface area contributed by atoms with Crippen LogP contribution in [0.4, 0.5) is 0 Å². The second-order valence-corrected chi connectivity index (χ2v) is 7.35. The number of benzene rings is 1. The van der Waals surface area contributed by atoms with Crippen LogP contribution in [0.3, 0.4) is 0 Å². The topological polar surface area (TPSA) is 51.2 Å². The molecule has 0 aliphatic carbocycles. The number of carbonyl (C=O) groups excluding carboxylic acids is 1. The number of carbonyl (C=O) groups is 1. The van der Waals surface area contributed by atoms with E-state index >= 15 is 0 Å². The molecule has 1 aromatic rings. The van der Waals surface area contributed by atoms with Crippen molar-refractivity contribution in [3.8, 4) is 0 Å². The molecule has 0 spiro atoms. The minimum Gasteiger partial charge on any atom is -0.293 e. The van der Waals surface area contributed by atoms with E-state index in [1.165, 1.54) is 0 Å². The Balaban J connectivity index is 2.59. The van der Waals surface area contributed by atoms with Gasteiger partial charge in [0.15, 0.2) is 5.78 Å². The number of Topliss-reactive ketones (excluding diaryl/α,β-unsaturated/α-hetero) is 1. The van der Waals surface area contributed by atoms with Gasteiger partial charge in [0, 0.05) is 5.56 Å². The third-order valence-electron chi connectivity index (χ3n) is 1.82. The Hall–Kier alpha value is -0.810. The largest absolute Gasteiger partial charge is 0.293 e. The maximum atomic E-state index is 11.5. The molecule has 0 saturated heterocycles. The molecule has 5 heteroatoms.